The summed E-state index contributed by atoms with van der Waals surface area (Å²) in [6.07, 6.45) is 0. The summed E-state index contributed by atoms with van der Waals surface area (Å²) in [6.45, 7) is 3.62. The zero-order valence-corrected chi connectivity index (χ0v) is 17.7. The second-order valence-corrected chi connectivity index (χ2v) is 7.13. The van der Waals surface area contributed by atoms with E-state index in [1.54, 1.807) is 41.3 Å². The zero-order valence-electron chi connectivity index (χ0n) is 17.7. The van der Waals surface area contributed by atoms with Crippen molar-refractivity contribution in [2.45, 2.75) is 19.9 Å². The number of nitrogens with one attached hydrogen (secondary N) is 1. The van der Waals surface area contributed by atoms with Crippen LogP contribution in [0.5, 0.6) is 11.5 Å². The molecule has 0 saturated heterocycles. The normalized spacial score (nSPS) is 10.4. The van der Waals surface area contributed by atoms with Crippen LogP contribution in [-0.2, 0) is 9.59 Å². The first-order chi connectivity index (χ1) is 15.0. The van der Waals surface area contributed by atoms with Gasteiger partial charge in [0, 0.05) is 11.7 Å². The maximum atomic E-state index is 12.8. The summed E-state index contributed by atoms with van der Waals surface area (Å²) >= 11 is 0. The van der Waals surface area contributed by atoms with Gasteiger partial charge in [-0.2, -0.15) is 0 Å². The summed E-state index contributed by atoms with van der Waals surface area (Å²) in [4.78, 5) is 26.8. The van der Waals surface area contributed by atoms with Crippen molar-refractivity contribution in [3.05, 3.63) is 84.9 Å². The number of carbonyl (C=O) groups excluding carboxylic acids is 2. The molecular formula is C25H26N2O4. The third-order valence-corrected chi connectivity index (χ3v) is 4.44. The molecule has 6 heteroatoms. The van der Waals surface area contributed by atoms with Crippen LogP contribution >= 0.6 is 0 Å². The number of anilines is 2. The van der Waals surface area contributed by atoms with Crippen LogP contribution in [0.3, 0.4) is 0 Å². The second kappa shape index (κ2) is 10.8. The summed E-state index contributed by atoms with van der Waals surface area (Å²) in [5.41, 5.74) is 1.29. The Morgan fingerprint density at radius 1 is 0.806 bits per heavy atom. The van der Waals surface area contributed by atoms with Crippen LogP contribution in [0.4, 0.5) is 11.4 Å². The van der Waals surface area contributed by atoms with Crippen molar-refractivity contribution in [2.75, 3.05) is 23.4 Å². The number of para-hydroxylation sites is 4. The fourth-order valence-electron chi connectivity index (χ4n) is 3.08. The Kier molecular flexibility index (Phi) is 7.65. The molecule has 2 amide bonds. The van der Waals surface area contributed by atoms with Gasteiger partial charge in [0.15, 0.2) is 13.2 Å². The predicted octanol–water partition coefficient (Wildman–Crippen LogP) is 4.52. The highest BCUT2D eigenvalue weighted by Crippen LogP contribution is 2.24. The number of carbonyl (C=O) groups is 2. The Hall–Kier alpha value is -3.80. The first kappa shape index (κ1) is 21.9. The number of hydrogen-bond donors (Lipinski definition) is 1. The third-order valence-electron chi connectivity index (χ3n) is 4.44. The highest BCUT2D eigenvalue weighted by atomic mass is 16.5. The van der Waals surface area contributed by atoms with Crippen molar-refractivity contribution in [1.82, 2.24) is 0 Å². The maximum Gasteiger partial charge on any atom is 0.265 e. The smallest absolute Gasteiger partial charge is 0.265 e. The molecule has 0 aliphatic carbocycles. The summed E-state index contributed by atoms with van der Waals surface area (Å²) in [7, 11) is 0. The average Bonchev–Trinajstić information content (AvgIpc) is 2.78. The molecular weight excluding hydrogens is 392 g/mol. The van der Waals surface area contributed by atoms with Crippen LogP contribution in [0.15, 0.2) is 84.9 Å². The Morgan fingerprint density at radius 2 is 1.42 bits per heavy atom. The van der Waals surface area contributed by atoms with E-state index in [0.29, 0.717) is 17.2 Å². The fourth-order valence-corrected chi connectivity index (χ4v) is 3.08. The van der Waals surface area contributed by atoms with E-state index >= 15 is 0 Å². The van der Waals surface area contributed by atoms with Gasteiger partial charge in [-0.15, -0.1) is 0 Å². The molecule has 0 saturated carbocycles. The molecule has 0 bridgehead atoms. The summed E-state index contributed by atoms with van der Waals surface area (Å²) in [6, 6.07) is 25.5. The van der Waals surface area contributed by atoms with Gasteiger partial charge in [0.25, 0.3) is 11.8 Å². The van der Waals surface area contributed by atoms with Crippen molar-refractivity contribution in [2.24, 2.45) is 0 Å². The first-order valence-corrected chi connectivity index (χ1v) is 10.1. The van der Waals surface area contributed by atoms with Gasteiger partial charge >= 0.3 is 0 Å². The van der Waals surface area contributed by atoms with Crippen LogP contribution in [0.25, 0.3) is 0 Å². The molecule has 1 N–H and O–H groups in total. The van der Waals surface area contributed by atoms with Gasteiger partial charge in [-0.05, 0) is 50.2 Å². The Balaban J connectivity index is 1.61. The van der Waals surface area contributed by atoms with Crippen molar-refractivity contribution in [1.29, 1.82) is 0 Å². The van der Waals surface area contributed by atoms with Gasteiger partial charge in [-0.25, -0.2) is 0 Å². The molecule has 0 radical (unpaired) electrons. The molecule has 3 rings (SSSR count). The first-order valence-electron chi connectivity index (χ1n) is 10.1. The predicted molar refractivity (Wildman–Crippen MR) is 122 cm³/mol. The van der Waals surface area contributed by atoms with Gasteiger partial charge in [0.1, 0.15) is 11.5 Å². The van der Waals surface area contributed by atoms with Crippen LogP contribution in [-0.4, -0.2) is 31.1 Å². The van der Waals surface area contributed by atoms with E-state index in [9.17, 15) is 9.59 Å². The van der Waals surface area contributed by atoms with Crippen molar-refractivity contribution < 1.29 is 19.1 Å². The number of rotatable bonds is 9. The minimum absolute atomic E-state index is 0.0245. The molecule has 0 aliphatic rings. The maximum absolute atomic E-state index is 12.8. The summed E-state index contributed by atoms with van der Waals surface area (Å²) < 4.78 is 11.2. The van der Waals surface area contributed by atoms with E-state index in [-0.39, 0.29) is 31.1 Å². The SMILES string of the molecule is CC(C)N(C(=O)COc1ccccc1NC(=O)COc1ccccc1)c1ccccc1. The lowest BCUT2D eigenvalue weighted by atomic mass is 10.2. The molecule has 0 heterocycles. The monoisotopic (exact) mass is 418 g/mol. The van der Waals surface area contributed by atoms with Crippen LogP contribution < -0.4 is 19.7 Å². The van der Waals surface area contributed by atoms with Gasteiger partial charge in [-0.3, -0.25) is 9.59 Å². The fraction of sp³-hybridized carbons (Fsp3) is 0.200. The Morgan fingerprint density at radius 3 is 2.10 bits per heavy atom. The van der Waals surface area contributed by atoms with Gasteiger partial charge in [0.2, 0.25) is 0 Å². The number of benzene rings is 3. The Labute approximate surface area is 182 Å². The molecule has 0 fully saturated rings. The molecule has 0 unspecified atom stereocenters. The van der Waals surface area contributed by atoms with Crippen LogP contribution in [0.2, 0.25) is 0 Å². The molecule has 3 aromatic rings. The molecule has 6 nitrogen and oxygen atoms in total. The lowest BCUT2D eigenvalue weighted by Crippen LogP contribution is -2.40. The zero-order chi connectivity index (χ0) is 22.1. The summed E-state index contributed by atoms with van der Waals surface area (Å²) in [5.74, 6) is 0.539. The van der Waals surface area contributed by atoms with E-state index in [0.717, 1.165) is 5.69 Å². The van der Waals surface area contributed by atoms with Crippen LogP contribution in [0.1, 0.15) is 13.8 Å². The quantitative estimate of drug-likeness (QED) is 0.555. The number of nitrogens with zero attached hydrogens (tertiary/aromatic N) is 1. The minimum atomic E-state index is -0.320. The van der Waals surface area contributed by atoms with Gasteiger partial charge in [-0.1, -0.05) is 48.5 Å². The largest absolute Gasteiger partial charge is 0.484 e. The second-order valence-electron chi connectivity index (χ2n) is 7.13. The molecule has 31 heavy (non-hydrogen) atoms. The summed E-state index contributed by atoms with van der Waals surface area (Å²) in [5, 5.41) is 2.77. The molecule has 3 aromatic carbocycles. The highest BCUT2D eigenvalue weighted by Gasteiger charge is 2.20. The van der Waals surface area contributed by atoms with Crippen molar-refractivity contribution in [3.63, 3.8) is 0 Å². The number of amides is 2. The lowest BCUT2D eigenvalue weighted by Gasteiger charge is -2.27. The van der Waals surface area contributed by atoms with Crippen LogP contribution in [0, 0.1) is 0 Å². The number of hydrogen-bond acceptors (Lipinski definition) is 4. The van der Waals surface area contributed by atoms with E-state index in [1.165, 1.54) is 0 Å². The standard InChI is InChI=1S/C25H26N2O4/c1-19(2)27(20-11-5-3-6-12-20)25(29)18-31-23-16-10-9-15-22(23)26-24(28)17-30-21-13-7-4-8-14-21/h3-16,19H,17-18H2,1-2H3,(H,26,28). The van der Waals surface area contributed by atoms with Crippen molar-refractivity contribution in [3.8, 4) is 11.5 Å². The van der Waals surface area contributed by atoms with Gasteiger partial charge in [0.05, 0.1) is 5.69 Å². The van der Waals surface area contributed by atoms with E-state index < -0.39 is 0 Å². The Bertz CT molecular complexity index is 991. The molecule has 0 aliphatic heterocycles. The highest BCUT2D eigenvalue weighted by molar-refractivity contribution is 5.95. The molecule has 0 spiro atoms. The topological polar surface area (TPSA) is 67.9 Å². The van der Waals surface area contributed by atoms with Crippen molar-refractivity contribution >= 4 is 23.2 Å². The molecule has 0 aromatic heterocycles. The third kappa shape index (κ3) is 6.34. The number of ether oxygens (including phenoxy) is 2. The van der Waals surface area contributed by atoms with E-state index in [1.807, 2.05) is 62.4 Å². The molecule has 0 atom stereocenters. The van der Waals surface area contributed by atoms with Gasteiger partial charge < -0.3 is 19.7 Å². The lowest BCUT2D eigenvalue weighted by molar-refractivity contribution is -0.121. The van der Waals surface area contributed by atoms with E-state index in [4.69, 9.17) is 9.47 Å². The molecule has 160 valence electrons. The average molecular weight is 418 g/mol. The van der Waals surface area contributed by atoms with E-state index in [2.05, 4.69) is 5.32 Å². The minimum Gasteiger partial charge on any atom is -0.484 e.